The molecule has 2 aromatic carbocycles. The van der Waals surface area contributed by atoms with Crippen LogP contribution in [0, 0.1) is 0 Å². The van der Waals surface area contributed by atoms with Crippen molar-refractivity contribution >= 4 is 10.9 Å². The molecule has 3 aromatic rings. The number of pyridine rings is 1. The average Bonchev–Trinajstić information content (AvgIpc) is 2.64. The lowest BCUT2D eigenvalue weighted by molar-refractivity contribution is 0.607. The van der Waals surface area contributed by atoms with E-state index in [1.54, 1.807) is 0 Å². The predicted molar refractivity (Wildman–Crippen MR) is 104 cm³/mol. The van der Waals surface area contributed by atoms with Gasteiger partial charge in [0.1, 0.15) is 0 Å². The van der Waals surface area contributed by atoms with E-state index in [2.05, 4.69) is 61.5 Å². The molecule has 0 N–H and O–H groups in total. The Morgan fingerprint density at radius 1 is 0.750 bits per heavy atom. The lowest BCUT2D eigenvalue weighted by Crippen LogP contribution is -1.89. The van der Waals surface area contributed by atoms with Gasteiger partial charge in [-0.3, -0.25) is 0 Å². The molecule has 1 heteroatoms. The first kappa shape index (κ1) is 16.7. The molecule has 0 fully saturated rings. The average molecular weight is 317 g/mol. The van der Waals surface area contributed by atoms with Crippen LogP contribution in [0.15, 0.2) is 60.7 Å². The second-order valence-electron chi connectivity index (χ2n) is 6.61. The van der Waals surface area contributed by atoms with E-state index in [9.17, 15) is 0 Å². The number of aromatic nitrogens is 1. The fourth-order valence-corrected chi connectivity index (χ4v) is 3.22. The number of hydrogen-bond acceptors (Lipinski definition) is 1. The quantitative estimate of drug-likeness (QED) is 0.416. The van der Waals surface area contributed by atoms with E-state index in [0.717, 1.165) is 11.2 Å². The van der Waals surface area contributed by atoms with Gasteiger partial charge in [-0.15, -0.1) is 0 Å². The Bertz CT molecular complexity index is 776. The number of unbranched alkanes of at least 4 members (excludes halogenated alkanes) is 5. The lowest BCUT2D eigenvalue weighted by Gasteiger charge is -2.07. The van der Waals surface area contributed by atoms with Gasteiger partial charge < -0.3 is 0 Å². The highest BCUT2D eigenvalue weighted by atomic mass is 14.7. The Kier molecular flexibility index (Phi) is 6.01. The highest BCUT2D eigenvalue weighted by molar-refractivity contribution is 5.81. The maximum atomic E-state index is 4.82. The smallest absolute Gasteiger partial charge is 0.0709 e. The first-order chi connectivity index (χ1) is 11.9. The molecule has 3 rings (SSSR count). The third-order valence-corrected chi connectivity index (χ3v) is 4.64. The molecule has 0 saturated heterocycles. The largest absolute Gasteiger partial charge is 0.248 e. The molecule has 0 aliphatic carbocycles. The molecule has 0 amide bonds. The molecular formula is C23H27N. The summed E-state index contributed by atoms with van der Waals surface area (Å²) in [6.07, 6.45) is 9.27. The summed E-state index contributed by atoms with van der Waals surface area (Å²) in [6.45, 7) is 2.27. The van der Waals surface area contributed by atoms with E-state index >= 15 is 0 Å². The van der Waals surface area contributed by atoms with Gasteiger partial charge in [0, 0.05) is 10.9 Å². The fourth-order valence-electron chi connectivity index (χ4n) is 3.22. The summed E-state index contributed by atoms with van der Waals surface area (Å²) in [6, 6.07) is 21.5. The molecule has 1 aromatic heterocycles. The number of benzene rings is 2. The fraction of sp³-hybridized carbons (Fsp3) is 0.348. The van der Waals surface area contributed by atoms with Crippen molar-refractivity contribution in [1.82, 2.24) is 4.98 Å². The van der Waals surface area contributed by atoms with Gasteiger partial charge in [-0.1, -0.05) is 81.5 Å². The van der Waals surface area contributed by atoms with Gasteiger partial charge in [-0.05, 0) is 36.6 Å². The van der Waals surface area contributed by atoms with Crippen LogP contribution >= 0.6 is 0 Å². The van der Waals surface area contributed by atoms with Crippen LogP contribution in [-0.2, 0) is 6.42 Å². The molecule has 0 saturated carbocycles. The first-order valence-electron chi connectivity index (χ1n) is 9.32. The summed E-state index contributed by atoms with van der Waals surface area (Å²) in [5, 5.41) is 1.20. The van der Waals surface area contributed by atoms with E-state index in [1.165, 1.54) is 61.5 Å². The standard InChI is InChI=1S/C23H27N/c1-2-3-4-5-6-7-11-19-12-10-14-21(18-19)23-17-16-20-13-8-9-15-22(20)24-23/h8-10,12-18H,2-7,11H2,1H3. The van der Waals surface area contributed by atoms with Crippen LogP contribution in [0.2, 0.25) is 0 Å². The molecule has 124 valence electrons. The second kappa shape index (κ2) is 8.63. The van der Waals surface area contributed by atoms with Crippen LogP contribution in [0.25, 0.3) is 22.2 Å². The summed E-state index contributed by atoms with van der Waals surface area (Å²) in [5.41, 5.74) is 4.79. The minimum Gasteiger partial charge on any atom is -0.248 e. The van der Waals surface area contributed by atoms with E-state index in [0.29, 0.717) is 0 Å². The van der Waals surface area contributed by atoms with E-state index in [1.807, 2.05) is 6.07 Å². The van der Waals surface area contributed by atoms with Gasteiger partial charge in [0.25, 0.3) is 0 Å². The minimum absolute atomic E-state index is 1.07. The number of nitrogens with zero attached hydrogens (tertiary/aromatic N) is 1. The molecular weight excluding hydrogens is 290 g/mol. The van der Waals surface area contributed by atoms with Crippen molar-refractivity contribution in [1.29, 1.82) is 0 Å². The molecule has 1 nitrogen and oxygen atoms in total. The number of rotatable bonds is 8. The zero-order chi connectivity index (χ0) is 16.6. The summed E-state index contributed by atoms with van der Waals surface area (Å²) in [7, 11) is 0. The zero-order valence-electron chi connectivity index (χ0n) is 14.7. The van der Waals surface area contributed by atoms with Crippen molar-refractivity contribution in [3.63, 3.8) is 0 Å². The number of para-hydroxylation sites is 1. The van der Waals surface area contributed by atoms with Crippen molar-refractivity contribution < 1.29 is 0 Å². The van der Waals surface area contributed by atoms with Crippen LogP contribution in [0.4, 0.5) is 0 Å². The van der Waals surface area contributed by atoms with Crippen molar-refractivity contribution in [3.05, 3.63) is 66.2 Å². The van der Waals surface area contributed by atoms with Crippen LogP contribution < -0.4 is 0 Å². The van der Waals surface area contributed by atoms with Gasteiger partial charge >= 0.3 is 0 Å². The second-order valence-corrected chi connectivity index (χ2v) is 6.61. The monoisotopic (exact) mass is 317 g/mol. The van der Waals surface area contributed by atoms with Gasteiger partial charge in [0.15, 0.2) is 0 Å². The normalized spacial score (nSPS) is 11.0. The summed E-state index contributed by atoms with van der Waals surface area (Å²) in [5.74, 6) is 0. The van der Waals surface area contributed by atoms with Crippen LogP contribution in [0.3, 0.4) is 0 Å². The third-order valence-electron chi connectivity index (χ3n) is 4.64. The lowest BCUT2D eigenvalue weighted by atomic mass is 10.0. The van der Waals surface area contributed by atoms with Crippen molar-refractivity contribution in [2.24, 2.45) is 0 Å². The summed E-state index contributed by atoms with van der Waals surface area (Å²) < 4.78 is 0. The predicted octanol–water partition coefficient (Wildman–Crippen LogP) is 6.80. The van der Waals surface area contributed by atoms with Crippen molar-refractivity contribution in [2.45, 2.75) is 51.9 Å². The SMILES string of the molecule is CCCCCCCCc1cccc(-c2ccc3ccccc3n2)c1. The summed E-state index contributed by atoms with van der Waals surface area (Å²) >= 11 is 0. The van der Waals surface area contributed by atoms with E-state index in [-0.39, 0.29) is 0 Å². The van der Waals surface area contributed by atoms with Crippen LogP contribution in [0.1, 0.15) is 51.0 Å². The van der Waals surface area contributed by atoms with Gasteiger partial charge in [0.05, 0.1) is 11.2 Å². The number of fused-ring (bicyclic) bond motifs is 1. The molecule has 0 bridgehead atoms. The topological polar surface area (TPSA) is 12.9 Å². The summed E-state index contributed by atoms with van der Waals surface area (Å²) in [4.78, 5) is 4.82. The van der Waals surface area contributed by atoms with Crippen molar-refractivity contribution in [3.8, 4) is 11.3 Å². The Morgan fingerprint density at radius 3 is 2.50 bits per heavy atom. The van der Waals surface area contributed by atoms with Crippen LogP contribution in [0.5, 0.6) is 0 Å². The molecule has 24 heavy (non-hydrogen) atoms. The Morgan fingerprint density at radius 2 is 1.58 bits per heavy atom. The highest BCUT2D eigenvalue weighted by Gasteiger charge is 2.03. The minimum atomic E-state index is 1.07. The Labute approximate surface area is 145 Å². The number of aryl methyl sites for hydroxylation is 1. The molecule has 0 radical (unpaired) electrons. The number of hydrogen-bond donors (Lipinski definition) is 0. The third kappa shape index (κ3) is 4.44. The van der Waals surface area contributed by atoms with Crippen molar-refractivity contribution in [2.75, 3.05) is 0 Å². The van der Waals surface area contributed by atoms with Gasteiger partial charge in [-0.25, -0.2) is 4.98 Å². The van der Waals surface area contributed by atoms with E-state index in [4.69, 9.17) is 4.98 Å². The maximum Gasteiger partial charge on any atom is 0.0709 e. The first-order valence-corrected chi connectivity index (χ1v) is 9.32. The van der Waals surface area contributed by atoms with Gasteiger partial charge in [-0.2, -0.15) is 0 Å². The molecule has 0 spiro atoms. The molecule has 1 heterocycles. The Hall–Kier alpha value is -2.15. The highest BCUT2D eigenvalue weighted by Crippen LogP contribution is 2.22. The maximum absolute atomic E-state index is 4.82. The van der Waals surface area contributed by atoms with Crippen LogP contribution in [-0.4, -0.2) is 4.98 Å². The van der Waals surface area contributed by atoms with Gasteiger partial charge in [0.2, 0.25) is 0 Å². The molecule has 0 aliphatic heterocycles. The van der Waals surface area contributed by atoms with E-state index < -0.39 is 0 Å². The molecule has 0 unspecified atom stereocenters. The molecule has 0 atom stereocenters. The molecule has 0 aliphatic rings. The Balaban J connectivity index is 1.65. The zero-order valence-corrected chi connectivity index (χ0v) is 14.7.